The molecule has 0 atom stereocenters. The van der Waals surface area contributed by atoms with Crippen molar-refractivity contribution in [2.75, 3.05) is 5.32 Å². The fraction of sp³-hybridized carbons (Fsp3) is 0.389. The molecule has 2 aromatic heterocycles. The highest BCUT2D eigenvalue weighted by molar-refractivity contribution is 7.18. The number of thiazole rings is 1. The van der Waals surface area contributed by atoms with Crippen molar-refractivity contribution in [3.05, 3.63) is 41.1 Å². The average Bonchev–Trinajstić information content (AvgIpc) is 3.12. The van der Waals surface area contributed by atoms with Crippen molar-refractivity contribution in [3.63, 3.8) is 0 Å². The lowest BCUT2D eigenvalue weighted by Crippen LogP contribution is -2.12. The smallest absolute Gasteiger partial charge is 0.225 e. The summed E-state index contributed by atoms with van der Waals surface area (Å²) in [4.78, 5) is 16.6. The molecule has 0 bridgehead atoms. The lowest BCUT2D eigenvalue weighted by atomic mass is 9.93. The van der Waals surface area contributed by atoms with Crippen LogP contribution in [-0.4, -0.2) is 16.0 Å². The zero-order valence-electron chi connectivity index (χ0n) is 14.1. The first kappa shape index (κ1) is 16.6. The fourth-order valence-corrected chi connectivity index (χ4v) is 3.33. The zero-order valence-corrected chi connectivity index (χ0v) is 14.9. The summed E-state index contributed by atoms with van der Waals surface area (Å²) >= 11 is 1.69. The zero-order chi connectivity index (χ0) is 17.2. The van der Waals surface area contributed by atoms with E-state index in [0.29, 0.717) is 12.2 Å². The van der Waals surface area contributed by atoms with E-state index in [0.717, 1.165) is 29.1 Å². The van der Waals surface area contributed by atoms with Gasteiger partial charge >= 0.3 is 0 Å². The number of para-hydroxylation sites is 1. The van der Waals surface area contributed by atoms with Gasteiger partial charge in [-0.05, 0) is 25.0 Å². The molecule has 0 saturated carbocycles. The lowest BCUT2D eigenvalue weighted by Gasteiger charge is -2.11. The Labute approximate surface area is 145 Å². The minimum atomic E-state index is -0.122. The number of carbonyl (C=O) groups excluding carboxylic acids is 1. The lowest BCUT2D eigenvalue weighted by molar-refractivity contribution is -0.116. The Morgan fingerprint density at radius 2 is 2.08 bits per heavy atom. The Hall–Kier alpha value is -2.21. The van der Waals surface area contributed by atoms with E-state index in [4.69, 9.17) is 4.52 Å². The van der Waals surface area contributed by atoms with E-state index in [2.05, 4.69) is 21.5 Å². The minimum Gasteiger partial charge on any atom is -0.359 e. The number of fused-ring (bicyclic) bond motifs is 1. The van der Waals surface area contributed by atoms with E-state index in [1.807, 2.05) is 39.0 Å². The molecule has 0 aliphatic heterocycles. The molecule has 1 aromatic carbocycles. The Kier molecular flexibility index (Phi) is 4.66. The Morgan fingerprint density at radius 3 is 2.79 bits per heavy atom. The van der Waals surface area contributed by atoms with Gasteiger partial charge in [0.15, 0.2) is 5.82 Å². The van der Waals surface area contributed by atoms with Gasteiger partial charge in [0.1, 0.15) is 5.76 Å². The number of hydrogen-bond acceptors (Lipinski definition) is 5. The normalized spacial score (nSPS) is 11.8. The van der Waals surface area contributed by atoms with Crippen LogP contribution in [0.2, 0.25) is 0 Å². The van der Waals surface area contributed by atoms with Crippen LogP contribution in [0.15, 0.2) is 34.9 Å². The molecule has 5 nitrogen and oxygen atoms in total. The average molecular weight is 343 g/mol. The second kappa shape index (κ2) is 6.73. The van der Waals surface area contributed by atoms with Crippen molar-refractivity contribution >= 4 is 33.3 Å². The van der Waals surface area contributed by atoms with Crippen LogP contribution in [-0.2, 0) is 16.6 Å². The monoisotopic (exact) mass is 343 g/mol. The molecule has 24 heavy (non-hydrogen) atoms. The standard InChI is InChI=1S/C18H21N3O2S/c1-18(2,3)14-11-15(21-23-14)20-16(22)9-6-10-17-19-12-7-4-5-8-13(12)24-17/h4-5,7-8,11H,6,9-10H2,1-3H3,(H,20,21,22). The molecular formula is C18H21N3O2S. The molecule has 0 fully saturated rings. The molecule has 0 unspecified atom stereocenters. The summed E-state index contributed by atoms with van der Waals surface area (Å²) in [6.07, 6.45) is 2.00. The van der Waals surface area contributed by atoms with Gasteiger partial charge in [0.05, 0.1) is 15.2 Å². The maximum absolute atomic E-state index is 12.0. The predicted molar refractivity (Wildman–Crippen MR) is 96.4 cm³/mol. The molecule has 0 radical (unpaired) electrons. The van der Waals surface area contributed by atoms with Crippen LogP contribution in [0, 0.1) is 0 Å². The van der Waals surface area contributed by atoms with Gasteiger partial charge in [0, 0.05) is 17.9 Å². The summed E-state index contributed by atoms with van der Waals surface area (Å²) in [5, 5.41) is 7.76. The van der Waals surface area contributed by atoms with Gasteiger partial charge in [-0.2, -0.15) is 0 Å². The number of aryl methyl sites for hydroxylation is 1. The Bertz CT molecular complexity index is 812. The summed E-state index contributed by atoms with van der Waals surface area (Å²) in [6, 6.07) is 9.87. The number of amides is 1. The number of anilines is 1. The van der Waals surface area contributed by atoms with Crippen LogP contribution >= 0.6 is 11.3 Å². The Balaban J connectivity index is 1.49. The summed E-state index contributed by atoms with van der Waals surface area (Å²) in [5.74, 6) is 1.18. The van der Waals surface area contributed by atoms with Crippen LogP contribution in [0.5, 0.6) is 0 Å². The van der Waals surface area contributed by atoms with E-state index in [1.165, 1.54) is 4.70 Å². The van der Waals surface area contributed by atoms with Crippen molar-refractivity contribution in [2.24, 2.45) is 0 Å². The molecule has 3 aromatic rings. The molecule has 0 aliphatic carbocycles. The third-order valence-electron chi connectivity index (χ3n) is 3.65. The number of nitrogens with zero attached hydrogens (tertiary/aromatic N) is 2. The van der Waals surface area contributed by atoms with Gasteiger partial charge in [-0.1, -0.05) is 38.1 Å². The molecule has 1 amide bonds. The van der Waals surface area contributed by atoms with Crippen molar-refractivity contribution in [2.45, 2.75) is 45.4 Å². The maximum Gasteiger partial charge on any atom is 0.225 e. The highest BCUT2D eigenvalue weighted by Gasteiger charge is 2.20. The summed E-state index contributed by atoms with van der Waals surface area (Å²) in [6.45, 7) is 6.12. The summed E-state index contributed by atoms with van der Waals surface area (Å²) < 4.78 is 6.45. The number of hydrogen-bond donors (Lipinski definition) is 1. The SMILES string of the molecule is CC(C)(C)c1cc(NC(=O)CCCc2nc3ccccc3s2)no1. The molecule has 2 heterocycles. The minimum absolute atomic E-state index is 0.0510. The largest absolute Gasteiger partial charge is 0.359 e. The highest BCUT2D eigenvalue weighted by atomic mass is 32.1. The Morgan fingerprint density at radius 1 is 1.29 bits per heavy atom. The number of aromatic nitrogens is 2. The van der Waals surface area contributed by atoms with Crippen LogP contribution < -0.4 is 5.32 Å². The first-order chi connectivity index (χ1) is 11.4. The van der Waals surface area contributed by atoms with Crippen molar-refractivity contribution in [1.29, 1.82) is 0 Å². The van der Waals surface area contributed by atoms with Crippen LogP contribution in [0.1, 0.15) is 44.4 Å². The molecule has 3 rings (SSSR count). The van der Waals surface area contributed by atoms with Gasteiger partial charge in [-0.25, -0.2) is 4.98 Å². The van der Waals surface area contributed by atoms with E-state index in [1.54, 1.807) is 17.4 Å². The molecule has 0 aliphatic rings. The number of carbonyl (C=O) groups is 1. The first-order valence-corrected chi connectivity index (χ1v) is 8.85. The van der Waals surface area contributed by atoms with Gasteiger partial charge < -0.3 is 9.84 Å². The first-order valence-electron chi connectivity index (χ1n) is 8.03. The fourth-order valence-electron chi connectivity index (χ4n) is 2.32. The third kappa shape index (κ3) is 4.00. The molecular weight excluding hydrogens is 322 g/mol. The van der Waals surface area contributed by atoms with E-state index in [-0.39, 0.29) is 11.3 Å². The molecule has 0 spiro atoms. The van der Waals surface area contributed by atoms with Crippen molar-refractivity contribution in [1.82, 2.24) is 10.1 Å². The van der Waals surface area contributed by atoms with E-state index in [9.17, 15) is 4.79 Å². The molecule has 126 valence electrons. The molecule has 1 N–H and O–H groups in total. The van der Waals surface area contributed by atoms with E-state index < -0.39 is 0 Å². The summed E-state index contributed by atoms with van der Waals surface area (Å²) in [5.41, 5.74) is 0.905. The molecule has 0 saturated heterocycles. The van der Waals surface area contributed by atoms with E-state index >= 15 is 0 Å². The van der Waals surface area contributed by atoms with Gasteiger partial charge in [-0.3, -0.25) is 4.79 Å². The maximum atomic E-state index is 12.0. The molecule has 6 heteroatoms. The third-order valence-corrected chi connectivity index (χ3v) is 4.75. The topological polar surface area (TPSA) is 68.0 Å². The van der Waals surface area contributed by atoms with Crippen molar-refractivity contribution in [3.8, 4) is 0 Å². The van der Waals surface area contributed by atoms with Crippen molar-refractivity contribution < 1.29 is 9.32 Å². The van der Waals surface area contributed by atoms with Gasteiger partial charge in [0.25, 0.3) is 0 Å². The van der Waals surface area contributed by atoms with Crippen LogP contribution in [0.25, 0.3) is 10.2 Å². The number of rotatable bonds is 5. The van der Waals surface area contributed by atoms with Gasteiger partial charge in [0.2, 0.25) is 5.91 Å². The van der Waals surface area contributed by atoms with Crippen LogP contribution in [0.3, 0.4) is 0 Å². The number of benzene rings is 1. The number of nitrogens with one attached hydrogen (secondary N) is 1. The predicted octanol–water partition coefficient (Wildman–Crippen LogP) is 4.54. The second-order valence-electron chi connectivity index (χ2n) is 6.80. The van der Waals surface area contributed by atoms with Crippen LogP contribution in [0.4, 0.5) is 5.82 Å². The summed E-state index contributed by atoms with van der Waals surface area (Å²) in [7, 11) is 0. The second-order valence-corrected chi connectivity index (χ2v) is 7.92. The highest BCUT2D eigenvalue weighted by Crippen LogP contribution is 2.25. The quantitative estimate of drug-likeness (QED) is 0.738. The van der Waals surface area contributed by atoms with Gasteiger partial charge in [-0.15, -0.1) is 11.3 Å².